The molecule has 6 heteroatoms. The summed E-state index contributed by atoms with van der Waals surface area (Å²) in [5, 5.41) is 3.68. The summed E-state index contributed by atoms with van der Waals surface area (Å²) in [5.41, 5.74) is 4.84. The predicted octanol–water partition coefficient (Wildman–Crippen LogP) is 5.65. The van der Waals surface area contributed by atoms with Gasteiger partial charge in [0.1, 0.15) is 15.9 Å². The van der Waals surface area contributed by atoms with Gasteiger partial charge in [-0.05, 0) is 62.1 Å². The zero-order valence-corrected chi connectivity index (χ0v) is 23.5. The van der Waals surface area contributed by atoms with Gasteiger partial charge in [-0.1, -0.05) is 59.9 Å². The fourth-order valence-corrected chi connectivity index (χ4v) is 7.56. The van der Waals surface area contributed by atoms with Crippen LogP contribution in [-0.4, -0.2) is 11.1 Å². The van der Waals surface area contributed by atoms with E-state index in [4.69, 9.17) is 0 Å². The number of aromatic nitrogens is 2. The molecule has 0 aliphatic carbocycles. The molecule has 0 amide bonds. The number of fused-ring (bicyclic) bond motifs is 4. The highest BCUT2D eigenvalue weighted by molar-refractivity contribution is 7.19. The van der Waals surface area contributed by atoms with E-state index < -0.39 is 0 Å². The van der Waals surface area contributed by atoms with Crippen molar-refractivity contribution in [3.63, 3.8) is 0 Å². The number of aryl methyl sites for hydroxylation is 1. The second-order valence-electron chi connectivity index (χ2n) is 9.22. The average molecular weight is 537 g/mol. The maximum absolute atomic E-state index is 13.4. The summed E-state index contributed by atoms with van der Waals surface area (Å²) in [6, 6.07) is 21.4. The Labute approximate surface area is 230 Å². The summed E-state index contributed by atoms with van der Waals surface area (Å²) in [6.45, 7) is 8.81. The lowest BCUT2D eigenvalue weighted by Crippen LogP contribution is -2.35. The number of hydrogen-bond donors (Lipinski definition) is 0. The van der Waals surface area contributed by atoms with E-state index in [-0.39, 0.29) is 5.56 Å². The fraction of sp³-hybridized carbons (Fsp3) is 0.188. The first kappa shape index (κ1) is 24.6. The summed E-state index contributed by atoms with van der Waals surface area (Å²) in [7, 11) is 0. The van der Waals surface area contributed by atoms with Crippen LogP contribution in [0.5, 0.6) is 0 Å². The van der Waals surface area contributed by atoms with Gasteiger partial charge in [0.15, 0.2) is 0 Å². The molecule has 0 unspecified atom stereocenters. The number of benzene rings is 3. The van der Waals surface area contributed by atoms with Crippen LogP contribution in [0.2, 0.25) is 0 Å². The molecule has 0 spiro atoms. The van der Waals surface area contributed by atoms with Gasteiger partial charge in [0.2, 0.25) is 5.52 Å². The first-order chi connectivity index (χ1) is 18.6. The Kier molecular flexibility index (Phi) is 6.60. The number of anilines is 1. The quantitative estimate of drug-likeness (QED) is 0.272. The van der Waals surface area contributed by atoms with E-state index in [1.807, 2.05) is 17.6 Å². The zero-order valence-electron chi connectivity index (χ0n) is 21.8. The van der Waals surface area contributed by atoms with E-state index in [9.17, 15) is 4.79 Å². The van der Waals surface area contributed by atoms with Gasteiger partial charge in [-0.15, -0.1) is 11.3 Å². The molecule has 0 radical (unpaired) electrons. The lowest BCUT2D eigenvalue weighted by atomic mass is 9.99. The molecule has 6 rings (SSSR count). The SMILES string of the molecule is CCN1C=C/C(=C/C=c2/s/c(=C\c3sc4ccc5ccccc5c4[n+]3CC)n(CC)c2=O)c2ccccc21. The van der Waals surface area contributed by atoms with E-state index in [1.165, 1.54) is 32.2 Å². The van der Waals surface area contributed by atoms with Crippen LogP contribution in [-0.2, 0) is 13.1 Å². The second-order valence-corrected chi connectivity index (χ2v) is 11.3. The van der Waals surface area contributed by atoms with Crippen LogP contribution in [0.15, 0.2) is 83.8 Å². The van der Waals surface area contributed by atoms with E-state index in [0.717, 1.165) is 32.9 Å². The third kappa shape index (κ3) is 4.14. The maximum atomic E-state index is 13.4. The van der Waals surface area contributed by atoms with Crippen molar-refractivity contribution < 1.29 is 4.57 Å². The van der Waals surface area contributed by atoms with Gasteiger partial charge in [0.25, 0.3) is 10.6 Å². The number of rotatable bonds is 5. The Hall–Kier alpha value is -3.74. The van der Waals surface area contributed by atoms with Crippen LogP contribution >= 0.6 is 22.7 Å². The lowest BCUT2D eigenvalue weighted by Gasteiger charge is -2.26. The molecule has 0 atom stereocenters. The average Bonchev–Trinajstić information content (AvgIpc) is 3.47. The highest BCUT2D eigenvalue weighted by atomic mass is 32.1. The van der Waals surface area contributed by atoms with E-state index in [0.29, 0.717) is 6.54 Å². The molecule has 1 aliphatic rings. The van der Waals surface area contributed by atoms with Crippen molar-refractivity contribution in [3.8, 4) is 0 Å². The monoisotopic (exact) mass is 536 g/mol. The van der Waals surface area contributed by atoms with Crippen LogP contribution in [0.25, 0.3) is 38.7 Å². The van der Waals surface area contributed by atoms with Gasteiger partial charge >= 0.3 is 0 Å². The molecule has 0 fully saturated rings. The topological polar surface area (TPSA) is 29.1 Å². The van der Waals surface area contributed by atoms with Crippen LogP contribution in [0, 0.1) is 0 Å². The van der Waals surface area contributed by atoms with Crippen LogP contribution in [0.1, 0.15) is 31.3 Å². The summed E-state index contributed by atoms with van der Waals surface area (Å²) in [6.07, 6.45) is 10.5. The van der Waals surface area contributed by atoms with Gasteiger partial charge in [0, 0.05) is 30.5 Å². The number of hydrogen-bond acceptors (Lipinski definition) is 4. The number of para-hydroxylation sites is 1. The third-order valence-electron chi connectivity index (χ3n) is 7.14. The third-order valence-corrected chi connectivity index (χ3v) is 9.32. The zero-order chi connectivity index (χ0) is 26.2. The van der Waals surface area contributed by atoms with Crippen molar-refractivity contribution >= 4 is 67.1 Å². The van der Waals surface area contributed by atoms with Crippen LogP contribution < -0.4 is 24.2 Å². The van der Waals surface area contributed by atoms with Crippen molar-refractivity contribution in [2.24, 2.45) is 0 Å². The largest absolute Gasteiger partial charge is 0.348 e. The Bertz CT molecular complexity index is 1920. The summed E-state index contributed by atoms with van der Waals surface area (Å²) in [5.74, 6) is 0. The number of nitrogens with zero attached hydrogens (tertiary/aromatic N) is 3. The molecular formula is C32H30N3OS2+. The molecule has 0 saturated carbocycles. The number of allylic oxidation sites excluding steroid dienone is 3. The summed E-state index contributed by atoms with van der Waals surface area (Å²) in [4.78, 5) is 15.6. The Morgan fingerprint density at radius 3 is 2.53 bits per heavy atom. The normalized spacial score (nSPS) is 15.3. The van der Waals surface area contributed by atoms with E-state index in [1.54, 1.807) is 22.7 Å². The minimum atomic E-state index is 0.0680. The van der Waals surface area contributed by atoms with E-state index >= 15 is 0 Å². The first-order valence-electron chi connectivity index (χ1n) is 13.1. The smallest absolute Gasteiger partial charge is 0.269 e. The lowest BCUT2D eigenvalue weighted by molar-refractivity contribution is -0.664. The molecule has 0 N–H and O–H groups in total. The van der Waals surface area contributed by atoms with Crippen LogP contribution in [0.4, 0.5) is 5.69 Å². The molecular weight excluding hydrogens is 507 g/mol. The van der Waals surface area contributed by atoms with Gasteiger partial charge in [0.05, 0.1) is 16.0 Å². The van der Waals surface area contributed by atoms with Gasteiger partial charge in [-0.2, -0.15) is 4.57 Å². The Morgan fingerprint density at radius 2 is 1.71 bits per heavy atom. The fourth-order valence-electron chi connectivity index (χ4n) is 5.25. The second kappa shape index (κ2) is 10.2. The standard InChI is InChI=1S/C32H30N3OS2/c1-4-33-20-19-23(24-12-9-10-14-26(24)33)16-18-28-32(36)35(6-3)30(38-28)21-29-34(5-2)31-25-13-8-7-11-22(25)15-17-27(31)37-29/h7-21H,4-6H2,1-3H3/q+1/b23-16-,28-18+. The molecule has 5 aromatic rings. The van der Waals surface area contributed by atoms with E-state index in [2.05, 4.69) is 108 Å². The van der Waals surface area contributed by atoms with Crippen molar-refractivity contribution in [1.82, 2.24) is 4.57 Å². The van der Waals surface area contributed by atoms with Gasteiger partial charge in [-0.25, -0.2) is 0 Å². The predicted molar refractivity (Wildman–Crippen MR) is 163 cm³/mol. The molecule has 4 nitrogen and oxygen atoms in total. The van der Waals surface area contributed by atoms with Gasteiger partial charge < -0.3 is 4.90 Å². The molecule has 1 aliphatic heterocycles. The molecule has 0 bridgehead atoms. The Morgan fingerprint density at radius 1 is 0.895 bits per heavy atom. The van der Waals surface area contributed by atoms with Crippen molar-refractivity contribution in [1.29, 1.82) is 0 Å². The Balaban J connectivity index is 1.50. The minimum absolute atomic E-state index is 0.0680. The number of thiazole rings is 2. The molecule has 2 aromatic heterocycles. The van der Waals surface area contributed by atoms with Crippen molar-refractivity contribution in [2.75, 3.05) is 11.4 Å². The minimum Gasteiger partial charge on any atom is -0.348 e. The van der Waals surface area contributed by atoms with Crippen molar-refractivity contribution in [3.05, 3.63) is 109 Å². The summed E-state index contributed by atoms with van der Waals surface area (Å²) < 4.78 is 7.27. The van der Waals surface area contributed by atoms with Crippen molar-refractivity contribution in [2.45, 2.75) is 33.9 Å². The summed E-state index contributed by atoms with van der Waals surface area (Å²) >= 11 is 3.35. The maximum Gasteiger partial charge on any atom is 0.269 e. The molecule has 38 heavy (non-hydrogen) atoms. The molecule has 190 valence electrons. The highest BCUT2D eigenvalue weighted by Gasteiger charge is 2.20. The van der Waals surface area contributed by atoms with Gasteiger partial charge in [-0.3, -0.25) is 9.36 Å². The van der Waals surface area contributed by atoms with Crippen LogP contribution in [0.3, 0.4) is 0 Å². The molecule has 3 heterocycles. The molecule has 0 saturated heterocycles. The highest BCUT2D eigenvalue weighted by Crippen LogP contribution is 2.32. The first-order valence-corrected chi connectivity index (χ1v) is 14.8. The molecule has 3 aromatic carbocycles.